The molecule has 1 N–H and O–H groups in total. The van der Waals surface area contributed by atoms with Crippen LogP contribution in [0.2, 0.25) is 0 Å². The fraction of sp³-hybridized carbons (Fsp3) is 0.400. The van der Waals surface area contributed by atoms with Gasteiger partial charge in [-0.1, -0.05) is 49.8 Å². The first kappa shape index (κ1) is 20.3. The molecular formula is C25H30N4O. The average molecular weight is 403 g/mol. The zero-order valence-corrected chi connectivity index (χ0v) is 18.1. The molecule has 30 heavy (non-hydrogen) atoms. The molecule has 1 aromatic carbocycles. The molecule has 0 saturated carbocycles. The van der Waals surface area contributed by atoms with Gasteiger partial charge >= 0.3 is 0 Å². The molecule has 0 unspecified atom stereocenters. The van der Waals surface area contributed by atoms with Crippen molar-refractivity contribution in [1.29, 1.82) is 0 Å². The van der Waals surface area contributed by atoms with Crippen molar-refractivity contribution in [2.75, 3.05) is 6.54 Å². The van der Waals surface area contributed by atoms with Crippen LogP contribution in [0.4, 0.5) is 0 Å². The van der Waals surface area contributed by atoms with E-state index in [1.165, 1.54) is 30.4 Å². The summed E-state index contributed by atoms with van der Waals surface area (Å²) in [6.07, 6.45) is 11.6. The van der Waals surface area contributed by atoms with Gasteiger partial charge in [0, 0.05) is 18.3 Å². The molecule has 1 aliphatic carbocycles. The molecule has 0 radical (unpaired) electrons. The third-order valence-corrected chi connectivity index (χ3v) is 6.02. The number of amides is 1. The first-order valence-corrected chi connectivity index (χ1v) is 10.9. The lowest BCUT2D eigenvalue weighted by atomic mass is 9.97. The van der Waals surface area contributed by atoms with Gasteiger partial charge < -0.3 is 5.32 Å². The number of hydrogen-bond donors (Lipinski definition) is 1. The molecular weight excluding hydrogens is 372 g/mol. The van der Waals surface area contributed by atoms with E-state index in [2.05, 4.69) is 59.6 Å². The normalized spacial score (nSPS) is 14.2. The molecule has 4 rings (SSSR count). The lowest BCUT2D eigenvalue weighted by molar-refractivity contribution is 0.0952. The number of nitrogens with one attached hydrogen (secondary N) is 1. The molecule has 0 saturated heterocycles. The zero-order valence-electron chi connectivity index (χ0n) is 18.1. The summed E-state index contributed by atoms with van der Waals surface area (Å²) in [5.41, 5.74) is 6.98. The molecule has 0 bridgehead atoms. The SMILES string of the molecule is Cc1c(C(=O)NCCC2=CCCCC2)cnc2c(-c3ccc(C(C)C)cc3)cnn12. The van der Waals surface area contributed by atoms with Crippen LogP contribution in [0.1, 0.15) is 73.5 Å². The Kier molecular flexibility index (Phi) is 5.98. The van der Waals surface area contributed by atoms with Crippen LogP contribution in [-0.4, -0.2) is 27.0 Å². The summed E-state index contributed by atoms with van der Waals surface area (Å²) < 4.78 is 1.77. The minimum Gasteiger partial charge on any atom is -0.352 e. The predicted octanol–water partition coefficient (Wildman–Crippen LogP) is 5.45. The number of carbonyl (C=O) groups excluding carboxylic acids is 1. The maximum absolute atomic E-state index is 12.7. The van der Waals surface area contributed by atoms with Crippen molar-refractivity contribution in [1.82, 2.24) is 19.9 Å². The van der Waals surface area contributed by atoms with Crippen LogP contribution in [0.5, 0.6) is 0 Å². The molecule has 0 spiro atoms. The quantitative estimate of drug-likeness (QED) is 0.558. The molecule has 2 aromatic heterocycles. The summed E-state index contributed by atoms with van der Waals surface area (Å²) >= 11 is 0. The number of hydrogen-bond acceptors (Lipinski definition) is 3. The molecule has 0 atom stereocenters. The highest BCUT2D eigenvalue weighted by molar-refractivity contribution is 5.95. The van der Waals surface area contributed by atoms with Crippen molar-refractivity contribution in [2.24, 2.45) is 0 Å². The van der Waals surface area contributed by atoms with Gasteiger partial charge in [-0.25, -0.2) is 9.50 Å². The van der Waals surface area contributed by atoms with Gasteiger partial charge in [0.25, 0.3) is 5.91 Å². The highest BCUT2D eigenvalue weighted by Gasteiger charge is 2.16. The third kappa shape index (κ3) is 4.16. The second-order valence-electron chi connectivity index (χ2n) is 8.44. The minimum absolute atomic E-state index is 0.0864. The van der Waals surface area contributed by atoms with Crippen molar-refractivity contribution < 1.29 is 4.79 Å². The first-order chi connectivity index (χ1) is 14.5. The van der Waals surface area contributed by atoms with Crippen LogP contribution in [0.15, 0.2) is 48.3 Å². The van der Waals surface area contributed by atoms with Crippen LogP contribution in [0.3, 0.4) is 0 Å². The van der Waals surface area contributed by atoms with Crippen LogP contribution >= 0.6 is 0 Å². The van der Waals surface area contributed by atoms with E-state index in [9.17, 15) is 4.79 Å². The third-order valence-electron chi connectivity index (χ3n) is 6.02. The topological polar surface area (TPSA) is 59.3 Å². The maximum atomic E-state index is 12.7. The molecule has 156 valence electrons. The maximum Gasteiger partial charge on any atom is 0.254 e. The van der Waals surface area contributed by atoms with Crippen LogP contribution < -0.4 is 5.32 Å². The van der Waals surface area contributed by atoms with Crippen molar-refractivity contribution >= 4 is 11.6 Å². The smallest absolute Gasteiger partial charge is 0.254 e. The second kappa shape index (κ2) is 8.82. The molecule has 1 amide bonds. The van der Waals surface area contributed by atoms with E-state index in [0.717, 1.165) is 35.3 Å². The average Bonchev–Trinajstić information content (AvgIpc) is 3.20. The summed E-state index contributed by atoms with van der Waals surface area (Å²) in [4.78, 5) is 17.3. The van der Waals surface area contributed by atoms with Gasteiger partial charge in [0.05, 0.1) is 17.5 Å². The molecule has 5 heteroatoms. The van der Waals surface area contributed by atoms with E-state index >= 15 is 0 Å². The van der Waals surface area contributed by atoms with Crippen molar-refractivity contribution in [2.45, 2.75) is 58.8 Å². The Morgan fingerprint density at radius 1 is 1.17 bits per heavy atom. The van der Waals surface area contributed by atoms with Gasteiger partial charge in [-0.2, -0.15) is 5.10 Å². The lowest BCUT2D eigenvalue weighted by Crippen LogP contribution is -2.26. The second-order valence-corrected chi connectivity index (χ2v) is 8.44. The van der Waals surface area contributed by atoms with Crippen molar-refractivity contribution in [3.05, 3.63) is 65.1 Å². The summed E-state index contributed by atoms with van der Waals surface area (Å²) in [7, 11) is 0. The van der Waals surface area contributed by atoms with Gasteiger partial charge in [0.15, 0.2) is 5.65 Å². The van der Waals surface area contributed by atoms with Gasteiger partial charge in [0.2, 0.25) is 0 Å². The number of nitrogens with zero attached hydrogens (tertiary/aromatic N) is 3. The molecule has 0 fully saturated rings. The first-order valence-electron chi connectivity index (χ1n) is 10.9. The Bertz CT molecular complexity index is 1080. The fourth-order valence-corrected chi connectivity index (χ4v) is 4.08. The number of fused-ring (bicyclic) bond motifs is 1. The summed E-state index contributed by atoms with van der Waals surface area (Å²) in [6.45, 7) is 6.96. The molecule has 0 aliphatic heterocycles. The van der Waals surface area contributed by atoms with E-state index in [1.54, 1.807) is 10.7 Å². The Balaban J connectivity index is 1.51. The Morgan fingerprint density at radius 3 is 2.67 bits per heavy atom. The molecule has 3 aromatic rings. The monoisotopic (exact) mass is 402 g/mol. The Hall–Kier alpha value is -2.95. The number of aromatic nitrogens is 3. The van der Waals surface area contributed by atoms with Crippen LogP contribution in [0.25, 0.3) is 16.8 Å². The largest absolute Gasteiger partial charge is 0.352 e. The van der Waals surface area contributed by atoms with Gasteiger partial charge in [-0.3, -0.25) is 4.79 Å². The Labute approximate surface area is 178 Å². The molecule has 1 aliphatic rings. The van der Waals surface area contributed by atoms with Gasteiger partial charge in [-0.05, 0) is 56.1 Å². The molecule has 2 heterocycles. The Morgan fingerprint density at radius 2 is 1.97 bits per heavy atom. The standard InChI is InChI=1S/C25H30N4O/c1-17(2)20-9-11-21(12-10-20)23-16-28-29-18(3)22(15-27-24(23)29)25(30)26-14-13-19-7-5-4-6-8-19/h7,9-12,15-17H,4-6,8,13-14H2,1-3H3,(H,26,30). The number of allylic oxidation sites excluding steroid dienone is 1. The van der Waals surface area contributed by atoms with E-state index in [1.807, 2.05) is 13.1 Å². The lowest BCUT2D eigenvalue weighted by Gasteiger charge is -2.13. The van der Waals surface area contributed by atoms with Crippen molar-refractivity contribution in [3.63, 3.8) is 0 Å². The molecule has 5 nitrogen and oxygen atoms in total. The predicted molar refractivity (Wildman–Crippen MR) is 121 cm³/mol. The number of benzene rings is 1. The van der Waals surface area contributed by atoms with Crippen LogP contribution in [0, 0.1) is 6.92 Å². The summed E-state index contributed by atoms with van der Waals surface area (Å²) in [5, 5.41) is 7.56. The minimum atomic E-state index is -0.0864. The highest BCUT2D eigenvalue weighted by Crippen LogP contribution is 2.26. The van der Waals surface area contributed by atoms with Gasteiger partial charge in [-0.15, -0.1) is 0 Å². The van der Waals surface area contributed by atoms with Gasteiger partial charge in [0.1, 0.15) is 0 Å². The number of rotatable bonds is 6. The highest BCUT2D eigenvalue weighted by atomic mass is 16.1. The fourth-order valence-electron chi connectivity index (χ4n) is 4.08. The van der Waals surface area contributed by atoms with Crippen LogP contribution in [-0.2, 0) is 0 Å². The van der Waals surface area contributed by atoms with E-state index in [4.69, 9.17) is 0 Å². The summed E-state index contributed by atoms with van der Waals surface area (Å²) in [6, 6.07) is 8.54. The number of carbonyl (C=O) groups is 1. The number of aryl methyl sites for hydroxylation is 1. The van der Waals surface area contributed by atoms with E-state index in [-0.39, 0.29) is 5.91 Å². The van der Waals surface area contributed by atoms with Crippen molar-refractivity contribution in [3.8, 4) is 11.1 Å². The van der Waals surface area contributed by atoms with E-state index in [0.29, 0.717) is 18.0 Å². The summed E-state index contributed by atoms with van der Waals surface area (Å²) in [5.74, 6) is 0.412. The zero-order chi connectivity index (χ0) is 21.1. The van der Waals surface area contributed by atoms with E-state index < -0.39 is 0 Å².